The van der Waals surface area contributed by atoms with E-state index in [0.717, 1.165) is 0 Å². The lowest BCUT2D eigenvalue weighted by atomic mass is 10.3. The summed E-state index contributed by atoms with van der Waals surface area (Å²) in [7, 11) is 1.54. The minimum absolute atomic E-state index is 0.00245. The quantitative estimate of drug-likeness (QED) is 0.386. The van der Waals surface area contributed by atoms with Gasteiger partial charge in [0.2, 0.25) is 0 Å². The molecule has 0 unspecified atom stereocenters. The van der Waals surface area contributed by atoms with Crippen molar-refractivity contribution in [1.29, 1.82) is 0 Å². The van der Waals surface area contributed by atoms with Gasteiger partial charge in [0.25, 0.3) is 5.91 Å². The van der Waals surface area contributed by atoms with Crippen LogP contribution in [-0.4, -0.2) is 29.6 Å². The Kier molecular flexibility index (Phi) is 6.29. The highest BCUT2D eigenvalue weighted by molar-refractivity contribution is 7.23. The molecule has 9 heteroatoms. The first-order chi connectivity index (χ1) is 15.1. The molecule has 4 rings (SSSR count). The molecular formula is C22H17ClFN3O3S. The smallest absolute Gasteiger partial charge is 0.267 e. The maximum atomic E-state index is 13.9. The highest BCUT2D eigenvalue weighted by Crippen LogP contribution is 2.39. The number of anilines is 1. The first-order valence-corrected chi connectivity index (χ1v) is 10.5. The lowest BCUT2D eigenvalue weighted by Gasteiger charge is -2.19. The molecule has 0 saturated heterocycles. The number of amides is 1. The van der Waals surface area contributed by atoms with E-state index in [2.05, 4.69) is 9.97 Å². The summed E-state index contributed by atoms with van der Waals surface area (Å²) >= 11 is 7.59. The predicted octanol–water partition coefficient (Wildman–Crippen LogP) is 5.10. The normalized spacial score (nSPS) is 10.8. The average molecular weight is 458 g/mol. The lowest BCUT2D eigenvalue weighted by molar-refractivity contribution is -0.120. The molecule has 0 radical (unpaired) electrons. The zero-order valence-corrected chi connectivity index (χ0v) is 18.0. The fourth-order valence-corrected chi connectivity index (χ4v) is 4.19. The number of nitrogens with zero attached hydrogens (tertiary/aromatic N) is 3. The van der Waals surface area contributed by atoms with Crippen LogP contribution in [0, 0.1) is 5.82 Å². The molecule has 0 aliphatic heterocycles. The standard InChI is InChI=1S/C22H17ClFN3O3S/c1-29-18-10-9-15(23)21-20(18)26-22(31-21)27(12-14-6-4-5-11-25-14)19(28)13-30-17-8-3-2-7-16(17)24/h2-11H,12-13H2,1H3. The summed E-state index contributed by atoms with van der Waals surface area (Å²) in [5, 5.41) is 0.918. The van der Waals surface area contributed by atoms with E-state index in [1.165, 1.54) is 28.4 Å². The summed E-state index contributed by atoms with van der Waals surface area (Å²) in [5.41, 5.74) is 1.22. The number of hydrogen-bond acceptors (Lipinski definition) is 6. The number of carbonyl (C=O) groups is 1. The van der Waals surface area contributed by atoms with E-state index < -0.39 is 11.7 Å². The molecule has 0 aliphatic rings. The van der Waals surface area contributed by atoms with Gasteiger partial charge in [-0.3, -0.25) is 14.7 Å². The zero-order valence-electron chi connectivity index (χ0n) is 16.4. The van der Waals surface area contributed by atoms with Crippen molar-refractivity contribution in [3.05, 3.63) is 77.3 Å². The summed E-state index contributed by atoms with van der Waals surface area (Å²) in [4.78, 5) is 23.4. The van der Waals surface area contributed by atoms with Crippen LogP contribution in [0.3, 0.4) is 0 Å². The molecule has 31 heavy (non-hydrogen) atoms. The van der Waals surface area contributed by atoms with Gasteiger partial charge < -0.3 is 9.47 Å². The molecule has 2 aromatic carbocycles. The van der Waals surface area contributed by atoms with Gasteiger partial charge in [-0.25, -0.2) is 9.37 Å². The first-order valence-electron chi connectivity index (χ1n) is 9.27. The van der Waals surface area contributed by atoms with E-state index in [0.29, 0.717) is 31.8 Å². The summed E-state index contributed by atoms with van der Waals surface area (Å²) in [6.45, 7) is -0.200. The van der Waals surface area contributed by atoms with Crippen LogP contribution in [0.2, 0.25) is 5.02 Å². The van der Waals surface area contributed by atoms with E-state index in [1.54, 1.807) is 49.7 Å². The number of methoxy groups -OCH3 is 1. The number of thiazole rings is 1. The summed E-state index contributed by atoms with van der Waals surface area (Å²) in [6, 6.07) is 14.8. The lowest BCUT2D eigenvalue weighted by Crippen LogP contribution is -2.34. The maximum absolute atomic E-state index is 13.9. The summed E-state index contributed by atoms with van der Waals surface area (Å²) in [6.07, 6.45) is 1.64. The third-order valence-corrected chi connectivity index (χ3v) is 5.97. The monoisotopic (exact) mass is 457 g/mol. The molecule has 6 nitrogen and oxygen atoms in total. The molecule has 1 amide bonds. The third-order valence-electron chi connectivity index (χ3n) is 4.43. The van der Waals surface area contributed by atoms with Crippen LogP contribution in [0.25, 0.3) is 10.2 Å². The van der Waals surface area contributed by atoms with Crippen molar-refractivity contribution in [2.24, 2.45) is 0 Å². The first kappa shape index (κ1) is 21.0. The van der Waals surface area contributed by atoms with Crippen LogP contribution in [0.5, 0.6) is 11.5 Å². The highest BCUT2D eigenvalue weighted by Gasteiger charge is 2.23. The van der Waals surface area contributed by atoms with Crippen molar-refractivity contribution in [3.63, 3.8) is 0 Å². The Hall–Kier alpha value is -3.23. The second-order valence-corrected chi connectivity index (χ2v) is 7.83. The van der Waals surface area contributed by atoms with Gasteiger partial charge in [-0.05, 0) is 36.4 Å². The van der Waals surface area contributed by atoms with Gasteiger partial charge >= 0.3 is 0 Å². The van der Waals surface area contributed by atoms with E-state index in [4.69, 9.17) is 21.1 Å². The minimum Gasteiger partial charge on any atom is -0.494 e. The number of aromatic nitrogens is 2. The van der Waals surface area contributed by atoms with Gasteiger partial charge in [-0.15, -0.1) is 0 Å². The molecule has 0 fully saturated rings. The maximum Gasteiger partial charge on any atom is 0.267 e. The molecule has 2 heterocycles. The zero-order chi connectivity index (χ0) is 21.8. The number of rotatable bonds is 7. The molecular weight excluding hydrogens is 441 g/mol. The number of halogens is 2. The number of carbonyl (C=O) groups excluding carboxylic acids is 1. The number of pyridine rings is 1. The number of para-hydroxylation sites is 1. The highest BCUT2D eigenvalue weighted by atomic mass is 35.5. The van der Waals surface area contributed by atoms with E-state index in [1.807, 2.05) is 6.07 Å². The number of hydrogen-bond donors (Lipinski definition) is 0. The minimum atomic E-state index is -0.539. The Labute approximate surface area is 186 Å². The number of ether oxygens (including phenoxy) is 2. The third kappa shape index (κ3) is 4.60. The van der Waals surface area contributed by atoms with Crippen LogP contribution >= 0.6 is 22.9 Å². The number of fused-ring (bicyclic) bond motifs is 1. The van der Waals surface area contributed by atoms with Crippen molar-refractivity contribution in [2.75, 3.05) is 18.6 Å². The predicted molar refractivity (Wildman–Crippen MR) is 119 cm³/mol. The SMILES string of the molecule is COc1ccc(Cl)c2sc(N(Cc3ccccn3)C(=O)COc3ccccc3F)nc12. The molecule has 0 bridgehead atoms. The Morgan fingerprint density at radius 3 is 2.68 bits per heavy atom. The second-order valence-electron chi connectivity index (χ2n) is 6.44. The van der Waals surface area contributed by atoms with Crippen LogP contribution in [0.15, 0.2) is 60.8 Å². The van der Waals surface area contributed by atoms with Gasteiger partial charge in [0, 0.05) is 6.20 Å². The van der Waals surface area contributed by atoms with Gasteiger partial charge in [0.1, 0.15) is 11.3 Å². The fourth-order valence-electron chi connectivity index (χ4n) is 2.92. The number of benzene rings is 2. The molecule has 0 N–H and O–H groups in total. The van der Waals surface area contributed by atoms with Crippen LogP contribution in [0.4, 0.5) is 9.52 Å². The molecule has 0 atom stereocenters. The van der Waals surface area contributed by atoms with E-state index in [9.17, 15) is 9.18 Å². The van der Waals surface area contributed by atoms with Gasteiger partial charge in [0.05, 0.1) is 29.1 Å². The molecule has 0 saturated carbocycles. The molecule has 0 spiro atoms. The van der Waals surface area contributed by atoms with Crippen molar-refractivity contribution in [2.45, 2.75) is 6.54 Å². The van der Waals surface area contributed by atoms with E-state index in [-0.39, 0.29) is 18.9 Å². The van der Waals surface area contributed by atoms with Crippen molar-refractivity contribution < 1.29 is 18.7 Å². The Balaban J connectivity index is 1.67. The fraction of sp³-hybridized carbons (Fsp3) is 0.136. The second kappa shape index (κ2) is 9.28. The van der Waals surface area contributed by atoms with Gasteiger partial charge in [0.15, 0.2) is 23.3 Å². The topological polar surface area (TPSA) is 64.5 Å². The van der Waals surface area contributed by atoms with Crippen molar-refractivity contribution in [3.8, 4) is 11.5 Å². The largest absolute Gasteiger partial charge is 0.494 e. The summed E-state index contributed by atoms with van der Waals surface area (Å²) < 4.78 is 25.4. The molecule has 4 aromatic rings. The Morgan fingerprint density at radius 1 is 1.13 bits per heavy atom. The molecule has 0 aliphatic carbocycles. The molecule has 2 aromatic heterocycles. The van der Waals surface area contributed by atoms with E-state index >= 15 is 0 Å². The van der Waals surface area contributed by atoms with Crippen LogP contribution < -0.4 is 14.4 Å². The van der Waals surface area contributed by atoms with Gasteiger partial charge in [-0.1, -0.05) is 41.1 Å². The summed E-state index contributed by atoms with van der Waals surface area (Å²) in [5.74, 6) is -0.386. The van der Waals surface area contributed by atoms with Gasteiger partial charge in [-0.2, -0.15) is 0 Å². The van der Waals surface area contributed by atoms with Crippen molar-refractivity contribution >= 4 is 44.2 Å². The van der Waals surface area contributed by atoms with Crippen LogP contribution in [0.1, 0.15) is 5.69 Å². The Bertz CT molecular complexity index is 1220. The van der Waals surface area contributed by atoms with Crippen LogP contribution in [-0.2, 0) is 11.3 Å². The van der Waals surface area contributed by atoms with Crippen molar-refractivity contribution in [1.82, 2.24) is 9.97 Å². The average Bonchev–Trinajstić information content (AvgIpc) is 3.24. The Morgan fingerprint density at radius 2 is 1.94 bits per heavy atom. The molecule has 158 valence electrons.